The SMILES string of the molecule is CCCCCCC(=O)CC[O]. The zero-order chi connectivity index (χ0) is 8.53. The number of Topliss-reactive ketones (excluding diaryl/α,β-unsaturated/α-hetero) is 1. The second-order valence-electron chi connectivity index (χ2n) is 2.80. The van der Waals surface area contributed by atoms with Gasteiger partial charge in [0.05, 0.1) is 6.61 Å². The van der Waals surface area contributed by atoms with E-state index in [4.69, 9.17) is 0 Å². The summed E-state index contributed by atoms with van der Waals surface area (Å²) < 4.78 is 0. The van der Waals surface area contributed by atoms with Crippen molar-refractivity contribution in [1.29, 1.82) is 0 Å². The van der Waals surface area contributed by atoms with Gasteiger partial charge in [-0.05, 0) is 6.42 Å². The van der Waals surface area contributed by atoms with Crippen molar-refractivity contribution < 1.29 is 9.90 Å². The molecule has 0 amide bonds. The molecule has 0 saturated carbocycles. The van der Waals surface area contributed by atoms with Gasteiger partial charge in [-0.2, -0.15) is 0 Å². The number of ketones is 1. The van der Waals surface area contributed by atoms with Gasteiger partial charge in [0.2, 0.25) is 0 Å². The summed E-state index contributed by atoms with van der Waals surface area (Å²) >= 11 is 0. The molecule has 2 heteroatoms. The maximum absolute atomic E-state index is 10.8. The Morgan fingerprint density at radius 1 is 1.09 bits per heavy atom. The van der Waals surface area contributed by atoms with Crippen LogP contribution in [0.3, 0.4) is 0 Å². The first-order valence-electron chi connectivity index (χ1n) is 4.41. The molecule has 0 unspecified atom stereocenters. The van der Waals surface area contributed by atoms with E-state index in [1.165, 1.54) is 12.8 Å². The fourth-order valence-electron chi connectivity index (χ4n) is 0.988. The summed E-state index contributed by atoms with van der Waals surface area (Å²) in [4.78, 5) is 10.8. The lowest BCUT2D eigenvalue weighted by molar-refractivity contribution is -0.120. The summed E-state index contributed by atoms with van der Waals surface area (Å²) in [5, 5.41) is 10.0. The number of hydrogen-bond acceptors (Lipinski definition) is 1. The van der Waals surface area contributed by atoms with Crippen molar-refractivity contribution in [3.05, 3.63) is 0 Å². The maximum Gasteiger partial charge on any atom is 0.135 e. The maximum atomic E-state index is 10.8. The van der Waals surface area contributed by atoms with E-state index >= 15 is 0 Å². The summed E-state index contributed by atoms with van der Waals surface area (Å²) in [6, 6.07) is 0. The Bertz CT molecular complexity index is 99.7. The molecule has 0 aliphatic carbocycles. The highest BCUT2D eigenvalue weighted by Gasteiger charge is 1.99. The minimum Gasteiger partial charge on any atom is -0.300 e. The molecule has 0 aliphatic heterocycles. The first-order valence-corrected chi connectivity index (χ1v) is 4.41. The molecule has 0 aromatic rings. The Labute approximate surface area is 68.6 Å². The lowest BCUT2D eigenvalue weighted by Gasteiger charge is -1.96. The second kappa shape index (κ2) is 7.73. The van der Waals surface area contributed by atoms with Crippen LogP contribution in [0.2, 0.25) is 0 Å². The van der Waals surface area contributed by atoms with Crippen LogP contribution in [0.4, 0.5) is 0 Å². The highest BCUT2D eigenvalue weighted by molar-refractivity contribution is 5.78. The van der Waals surface area contributed by atoms with Gasteiger partial charge < -0.3 is 0 Å². The van der Waals surface area contributed by atoms with Gasteiger partial charge in [-0.1, -0.05) is 26.2 Å². The van der Waals surface area contributed by atoms with Gasteiger partial charge in [0.1, 0.15) is 5.78 Å². The van der Waals surface area contributed by atoms with Crippen LogP contribution in [0.1, 0.15) is 45.4 Å². The molecule has 0 aromatic carbocycles. The summed E-state index contributed by atoms with van der Waals surface area (Å²) in [5.41, 5.74) is 0. The van der Waals surface area contributed by atoms with Crippen molar-refractivity contribution in [3.8, 4) is 0 Å². The summed E-state index contributed by atoms with van der Waals surface area (Å²) in [5.74, 6) is 0.135. The van der Waals surface area contributed by atoms with Crippen LogP contribution in [0, 0.1) is 0 Å². The molecular weight excluding hydrogens is 140 g/mol. The van der Waals surface area contributed by atoms with Crippen molar-refractivity contribution in [2.24, 2.45) is 0 Å². The molecule has 0 heterocycles. The molecule has 0 N–H and O–H groups in total. The normalized spacial score (nSPS) is 10.0. The van der Waals surface area contributed by atoms with Crippen LogP contribution < -0.4 is 0 Å². The van der Waals surface area contributed by atoms with Crippen molar-refractivity contribution >= 4 is 5.78 Å². The Hall–Kier alpha value is -0.370. The quantitative estimate of drug-likeness (QED) is 0.522. The molecule has 65 valence electrons. The van der Waals surface area contributed by atoms with Crippen LogP contribution in [0.15, 0.2) is 0 Å². The van der Waals surface area contributed by atoms with E-state index in [9.17, 15) is 9.90 Å². The van der Waals surface area contributed by atoms with Crippen molar-refractivity contribution in [1.82, 2.24) is 0 Å². The highest BCUT2D eigenvalue weighted by Crippen LogP contribution is 2.03. The van der Waals surface area contributed by atoms with E-state index in [0.717, 1.165) is 12.8 Å². The molecule has 0 aromatic heterocycles. The smallest absolute Gasteiger partial charge is 0.135 e. The van der Waals surface area contributed by atoms with Gasteiger partial charge in [0, 0.05) is 12.8 Å². The molecule has 0 rings (SSSR count). The van der Waals surface area contributed by atoms with Gasteiger partial charge in [-0.25, -0.2) is 5.11 Å². The molecule has 0 fully saturated rings. The molecule has 1 radical (unpaired) electrons. The van der Waals surface area contributed by atoms with E-state index in [-0.39, 0.29) is 18.8 Å². The first-order chi connectivity index (χ1) is 5.31. The van der Waals surface area contributed by atoms with Crippen LogP contribution in [0.25, 0.3) is 0 Å². The minimum absolute atomic E-state index is 0.135. The topological polar surface area (TPSA) is 37.0 Å². The molecule has 0 bridgehead atoms. The van der Waals surface area contributed by atoms with Crippen LogP contribution in [-0.2, 0) is 9.90 Å². The minimum atomic E-state index is -0.243. The second-order valence-corrected chi connectivity index (χ2v) is 2.80. The van der Waals surface area contributed by atoms with Gasteiger partial charge in [0.25, 0.3) is 0 Å². The van der Waals surface area contributed by atoms with Crippen molar-refractivity contribution in [2.45, 2.75) is 45.4 Å². The van der Waals surface area contributed by atoms with Gasteiger partial charge in [0.15, 0.2) is 0 Å². The predicted octanol–water partition coefficient (Wildman–Crippen LogP) is 2.35. The lowest BCUT2D eigenvalue weighted by atomic mass is 10.1. The zero-order valence-electron chi connectivity index (χ0n) is 7.27. The number of carbonyl (C=O) groups is 1. The van der Waals surface area contributed by atoms with E-state index < -0.39 is 0 Å². The zero-order valence-corrected chi connectivity index (χ0v) is 7.27. The van der Waals surface area contributed by atoms with E-state index in [0.29, 0.717) is 6.42 Å². The number of hydrogen-bond donors (Lipinski definition) is 0. The molecule has 11 heavy (non-hydrogen) atoms. The fraction of sp³-hybridized carbons (Fsp3) is 0.889. The summed E-state index contributed by atoms with van der Waals surface area (Å²) in [6.07, 6.45) is 5.32. The van der Waals surface area contributed by atoms with Crippen LogP contribution >= 0.6 is 0 Å². The Kier molecular flexibility index (Phi) is 7.47. The third-order valence-corrected chi connectivity index (χ3v) is 1.69. The van der Waals surface area contributed by atoms with Crippen molar-refractivity contribution in [2.75, 3.05) is 6.61 Å². The Balaban J connectivity index is 3.04. The number of rotatable bonds is 7. The van der Waals surface area contributed by atoms with E-state index in [2.05, 4.69) is 6.92 Å². The third kappa shape index (κ3) is 7.53. The largest absolute Gasteiger partial charge is 0.300 e. The average molecular weight is 157 g/mol. The lowest BCUT2D eigenvalue weighted by Crippen LogP contribution is -1.99. The highest BCUT2D eigenvalue weighted by atomic mass is 16.3. The third-order valence-electron chi connectivity index (χ3n) is 1.69. The summed E-state index contributed by atoms with van der Waals surface area (Å²) in [7, 11) is 0. The Morgan fingerprint density at radius 2 is 1.82 bits per heavy atom. The number of carbonyl (C=O) groups excluding carboxylic acids is 1. The molecule has 2 nitrogen and oxygen atoms in total. The molecule has 0 saturated heterocycles. The van der Waals surface area contributed by atoms with Gasteiger partial charge in [-0.15, -0.1) is 0 Å². The molecule has 0 aliphatic rings. The predicted molar refractivity (Wildman–Crippen MR) is 43.9 cm³/mol. The first kappa shape index (κ1) is 10.6. The fourth-order valence-corrected chi connectivity index (χ4v) is 0.988. The van der Waals surface area contributed by atoms with E-state index in [1.54, 1.807) is 0 Å². The standard InChI is InChI=1S/C9H17O2/c1-2-3-4-5-6-9(11)7-8-10/h2-8H2,1H3. The van der Waals surface area contributed by atoms with E-state index in [1.807, 2.05) is 0 Å². The molecule has 0 atom stereocenters. The van der Waals surface area contributed by atoms with Crippen molar-refractivity contribution in [3.63, 3.8) is 0 Å². The average Bonchev–Trinajstić information content (AvgIpc) is 1.99. The molecule has 0 spiro atoms. The molecular formula is C9H17O2. The van der Waals surface area contributed by atoms with Gasteiger partial charge >= 0.3 is 0 Å². The van der Waals surface area contributed by atoms with Crippen LogP contribution in [0.5, 0.6) is 0 Å². The van der Waals surface area contributed by atoms with Crippen LogP contribution in [-0.4, -0.2) is 12.4 Å². The monoisotopic (exact) mass is 157 g/mol. The summed E-state index contributed by atoms with van der Waals surface area (Å²) in [6.45, 7) is 1.89. The number of unbranched alkanes of at least 4 members (excludes halogenated alkanes) is 3. The van der Waals surface area contributed by atoms with Gasteiger partial charge in [-0.3, -0.25) is 4.79 Å². The Morgan fingerprint density at radius 3 is 2.36 bits per heavy atom.